The number of benzene rings is 1. The van der Waals surface area contributed by atoms with Crippen LogP contribution in [0.1, 0.15) is 71.4 Å². The van der Waals surface area contributed by atoms with Crippen LogP contribution < -0.4 is 5.32 Å². The molecule has 0 saturated carbocycles. The predicted molar refractivity (Wildman–Crippen MR) is 108 cm³/mol. The number of amides is 1. The number of alkyl carbamates (subject to hydrolysis) is 1. The number of carboxylic acid groups (broad SMARTS) is 1. The van der Waals surface area contributed by atoms with Crippen LogP contribution in [0.2, 0.25) is 0 Å². The molecule has 1 heterocycles. The monoisotopic (exact) mass is 377 g/mol. The zero-order valence-electron chi connectivity index (χ0n) is 17.6. The van der Waals surface area contributed by atoms with Crippen molar-refractivity contribution >= 4 is 12.1 Å². The molecule has 1 aliphatic rings. The first kappa shape index (κ1) is 23.0. The van der Waals surface area contributed by atoms with Gasteiger partial charge in [0.2, 0.25) is 0 Å². The number of carbonyl (C=O) groups is 2. The minimum atomic E-state index is -0.877. The zero-order valence-corrected chi connectivity index (χ0v) is 17.6. The normalized spacial score (nSPS) is 18.6. The second-order valence-electron chi connectivity index (χ2n) is 7.98. The van der Waals surface area contributed by atoms with Gasteiger partial charge in [0, 0.05) is 5.41 Å². The van der Waals surface area contributed by atoms with Gasteiger partial charge in [0.25, 0.3) is 0 Å². The highest BCUT2D eigenvalue weighted by molar-refractivity contribution is 5.80. The zero-order chi connectivity index (χ0) is 20.7. The summed E-state index contributed by atoms with van der Waals surface area (Å²) in [5.74, 6) is -0.786. The van der Waals surface area contributed by atoms with E-state index in [0.717, 1.165) is 30.4 Å². The lowest BCUT2D eigenvalue weighted by molar-refractivity contribution is -0.143. The summed E-state index contributed by atoms with van der Waals surface area (Å²) in [6, 6.07) is 7.75. The van der Waals surface area contributed by atoms with Gasteiger partial charge in [-0.1, -0.05) is 70.4 Å². The average Bonchev–Trinajstić information content (AvgIpc) is 3.07. The predicted octanol–water partition coefficient (Wildman–Crippen LogP) is 5.06. The van der Waals surface area contributed by atoms with Crippen LogP contribution in [-0.4, -0.2) is 29.8 Å². The van der Waals surface area contributed by atoms with Gasteiger partial charge in [-0.05, 0) is 32.3 Å². The maximum Gasteiger partial charge on any atom is 0.407 e. The fraction of sp³-hybridized carbons (Fsp3) is 0.636. The summed E-state index contributed by atoms with van der Waals surface area (Å²) in [6.45, 7) is 12.5. The fourth-order valence-corrected chi connectivity index (χ4v) is 3.41. The highest BCUT2D eigenvalue weighted by Crippen LogP contribution is 2.35. The highest BCUT2D eigenvalue weighted by Gasteiger charge is 2.38. The SMILES string of the molecule is CC.Cc1cccc(C(C)(CCCCC(C)(C)C2CNC(=O)O2)C(=O)O)c1. The molecule has 1 fully saturated rings. The van der Waals surface area contributed by atoms with E-state index in [2.05, 4.69) is 19.2 Å². The van der Waals surface area contributed by atoms with Crippen LogP contribution in [0, 0.1) is 12.3 Å². The molecule has 1 saturated heterocycles. The molecule has 152 valence electrons. The van der Waals surface area contributed by atoms with E-state index in [1.165, 1.54) is 0 Å². The van der Waals surface area contributed by atoms with Crippen LogP contribution >= 0.6 is 0 Å². The minimum absolute atomic E-state index is 0.123. The second kappa shape index (κ2) is 9.77. The molecule has 0 aliphatic carbocycles. The lowest BCUT2D eigenvalue weighted by atomic mass is 9.76. The number of rotatable bonds is 8. The Morgan fingerprint density at radius 3 is 2.37 bits per heavy atom. The maximum atomic E-state index is 11.9. The van der Waals surface area contributed by atoms with E-state index in [4.69, 9.17) is 4.74 Å². The summed E-state index contributed by atoms with van der Waals surface area (Å²) in [5.41, 5.74) is 0.925. The molecule has 1 aromatic rings. The van der Waals surface area contributed by atoms with E-state index < -0.39 is 11.4 Å². The van der Waals surface area contributed by atoms with Crippen molar-refractivity contribution in [2.24, 2.45) is 5.41 Å². The van der Waals surface area contributed by atoms with Crippen LogP contribution in [0.4, 0.5) is 4.79 Å². The van der Waals surface area contributed by atoms with E-state index in [1.54, 1.807) is 6.92 Å². The number of nitrogens with one attached hydrogen (secondary N) is 1. The molecule has 1 aliphatic heterocycles. The average molecular weight is 378 g/mol. The number of ether oxygens (including phenoxy) is 1. The van der Waals surface area contributed by atoms with Crippen molar-refractivity contribution in [3.05, 3.63) is 35.4 Å². The molecular formula is C22H35NO4. The summed E-state index contributed by atoms with van der Waals surface area (Å²) >= 11 is 0. The number of hydrogen-bond donors (Lipinski definition) is 2. The molecule has 1 aromatic carbocycles. The standard InChI is InChI=1S/C20H29NO4.C2H6/c1-14-8-7-9-15(12-14)20(4,17(22)23)11-6-5-10-19(2,3)16-13-21-18(24)25-16;1-2/h7-9,12,16H,5-6,10-11,13H2,1-4H3,(H,21,24)(H,22,23);1-2H3. The molecule has 2 unspecified atom stereocenters. The highest BCUT2D eigenvalue weighted by atomic mass is 16.6. The van der Waals surface area contributed by atoms with E-state index in [-0.39, 0.29) is 17.6 Å². The largest absolute Gasteiger partial charge is 0.481 e. The molecule has 0 aromatic heterocycles. The van der Waals surface area contributed by atoms with E-state index in [1.807, 2.05) is 45.0 Å². The summed E-state index contributed by atoms with van der Waals surface area (Å²) in [4.78, 5) is 23.1. The number of aryl methyl sites for hydroxylation is 1. The third-order valence-corrected chi connectivity index (χ3v) is 5.43. The van der Waals surface area contributed by atoms with Crippen LogP contribution in [0.5, 0.6) is 0 Å². The topological polar surface area (TPSA) is 75.6 Å². The van der Waals surface area contributed by atoms with Gasteiger partial charge < -0.3 is 15.2 Å². The molecule has 2 rings (SSSR count). The molecule has 0 radical (unpaired) electrons. The number of aliphatic carboxylic acids is 1. The van der Waals surface area contributed by atoms with E-state index in [0.29, 0.717) is 13.0 Å². The molecule has 27 heavy (non-hydrogen) atoms. The first-order valence-electron chi connectivity index (χ1n) is 9.90. The maximum absolute atomic E-state index is 11.9. The molecule has 2 N–H and O–H groups in total. The molecule has 0 bridgehead atoms. The van der Waals surface area contributed by atoms with Crippen LogP contribution in [0.25, 0.3) is 0 Å². The van der Waals surface area contributed by atoms with Crippen molar-refractivity contribution in [1.82, 2.24) is 5.32 Å². The molecule has 5 nitrogen and oxygen atoms in total. The van der Waals surface area contributed by atoms with Gasteiger partial charge in [-0.15, -0.1) is 0 Å². The Bertz CT molecular complexity index is 641. The number of carbonyl (C=O) groups excluding carboxylic acids is 1. The lowest BCUT2D eigenvalue weighted by Crippen LogP contribution is -2.34. The van der Waals surface area contributed by atoms with Gasteiger partial charge in [0.05, 0.1) is 12.0 Å². The Kier molecular flexibility index (Phi) is 8.32. The summed E-state index contributed by atoms with van der Waals surface area (Å²) in [6.07, 6.45) is 2.71. The Hall–Kier alpha value is -2.04. The number of cyclic esters (lactones) is 1. The Morgan fingerprint density at radius 1 is 1.22 bits per heavy atom. The fourth-order valence-electron chi connectivity index (χ4n) is 3.41. The van der Waals surface area contributed by atoms with Gasteiger partial charge in [-0.3, -0.25) is 4.79 Å². The number of carboxylic acids is 1. The van der Waals surface area contributed by atoms with Gasteiger partial charge in [-0.2, -0.15) is 0 Å². The molecule has 2 atom stereocenters. The van der Waals surface area contributed by atoms with Crippen molar-refractivity contribution in [3.63, 3.8) is 0 Å². The summed E-state index contributed by atoms with van der Waals surface area (Å²) in [7, 11) is 0. The van der Waals surface area contributed by atoms with Crippen molar-refractivity contribution in [3.8, 4) is 0 Å². The van der Waals surface area contributed by atoms with Crippen LogP contribution in [0.3, 0.4) is 0 Å². The van der Waals surface area contributed by atoms with Crippen molar-refractivity contribution < 1.29 is 19.4 Å². The van der Waals surface area contributed by atoms with Crippen LogP contribution in [0.15, 0.2) is 24.3 Å². The number of hydrogen-bond acceptors (Lipinski definition) is 3. The third-order valence-electron chi connectivity index (χ3n) is 5.43. The first-order valence-corrected chi connectivity index (χ1v) is 9.90. The first-order chi connectivity index (χ1) is 12.6. The number of unbranched alkanes of at least 4 members (excludes halogenated alkanes) is 1. The molecular weight excluding hydrogens is 342 g/mol. The van der Waals surface area contributed by atoms with E-state index >= 15 is 0 Å². The molecule has 0 spiro atoms. The smallest absolute Gasteiger partial charge is 0.407 e. The molecule has 5 heteroatoms. The summed E-state index contributed by atoms with van der Waals surface area (Å²) < 4.78 is 5.30. The Labute approximate surface area is 163 Å². The minimum Gasteiger partial charge on any atom is -0.481 e. The lowest BCUT2D eigenvalue weighted by Gasteiger charge is -2.30. The van der Waals surface area contributed by atoms with E-state index in [9.17, 15) is 14.7 Å². The third kappa shape index (κ3) is 5.98. The molecule has 1 amide bonds. The second-order valence-corrected chi connectivity index (χ2v) is 7.98. The summed E-state index contributed by atoms with van der Waals surface area (Å²) in [5, 5.41) is 12.5. The van der Waals surface area contributed by atoms with Crippen molar-refractivity contribution in [2.45, 2.75) is 78.7 Å². The Balaban J connectivity index is 0.00000176. The Morgan fingerprint density at radius 2 is 1.85 bits per heavy atom. The van der Waals surface area contributed by atoms with Crippen LogP contribution in [-0.2, 0) is 14.9 Å². The van der Waals surface area contributed by atoms with Crippen molar-refractivity contribution in [2.75, 3.05) is 6.54 Å². The van der Waals surface area contributed by atoms with Gasteiger partial charge in [-0.25, -0.2) is 4.79 Å². The van der Waals surface area contributed by atoms with Gasteiger partial charge >= 0.3 is 12.1 Å². The quantitative estimate of drug-likeness (QED) is 0.621. The van der Waals surface area contributed by atoms with Crippen molar-refractivity contribution in [1.29, 1.82) is 0 Å². The van der Waals surface area contributed by atoms with Gasteiger partial charge in [0.1, 0.15) is 6.10 Å². The van der Waals surface area contributed by atoms with Gasteiger partial charge in [0.15, 0.2) is 0 Å².